The van der Waals surface area contributed by atoms with E-state index in [-0.39, 0.29) is 11.9 Å². The van der Waals surface area contributed by atoms with Gasteiger partial charge in [0.15, 0.2) is 5.78 Å². The number of imidazole rings is 1. The molecule has 20 heavy (non-hydrogen) atoms. The highest BCUT2D eigenvalue weighted by molar-refractivity contribution is 9.10. The molecule has 0 N–H and O–H groups in total. The summed E-state index contributed by atoms with van der Waals surface area (Å²) in [6.07, 6.45) is 6.19. The van der Waals surface area contributed by atoms with E-state index < -0.39 is 0 Å². The van der Waals surface area contributed by atoms with Gasteiger partial charge >= 0.3 is 0 Å². The number of benzene rings is 1. The molecule has 1 saturated carbocycles. The summed E-state index contributed by atoms with van der Waals surface area (Å²) in [5.41, 5.74) is 1.67. The molecule has 1 fully saturated rings. The van der Waals surface area contributed by atoms with E-state index >= 15 is 0 Å². The molecule has 2 aromatic rings. The number of ether oxygens (including phenoxy) is 1. The molecule has 1 unspecified atom stereocenters. The van der Waals surface area contributed by atoms with Crippen LogP contribution in [-0.2, 0) is 0 Å². The first-order chi connectivity index (χ1) is 9.72. The third-order valence-corrected chi connectivity index (χ3v) is 4.34. The Balaban J connectivity index is 1.71. The van der Waals surface area contributed by atoms with Gasteiger partial charge in [0.1, 0.15) is 11.9 Å². The maximum Gasteiger partial charge on any atom is 0.170 e. The molecule has 0 radical (unpaired) electrons. The predicted octanol–water partition coefficient (Wildman–Crippen LogP) is 3.69. The van der Waals surface area contributed by atoms with Crippen LogP contribution in [0.1, 0.15) is 47.5 Å². The highest BCUT2D eigenvalue weighted by Crippen LogP contribution is 2.41. The summed E-state index contributed by atoms with van der Waals surface area (Å²) >= 11 is 3.42. The van der Waals surface area contributed by atoms with E-state index in [1.807, 2.05) is 30.7 Å². The summed E-state index contributed by atoms with van der Waals surface area (Å²) in [6.45, 7) is 0. The Morgan fingerprint density at radius 1 is 1.35 bits per heavy atom. The van der Waals surface area contributed by atoms with Gasteiger partial charge in [-0.05, 0) is 31.0 Å². The molecule has 0 saturated heterocycles. The van der Waals surface area contributed by atoms with Crippen molar-refractivity contribution in [2.75, 3.05) is 0 Å². The minimum absolute atomic E-state index is 0.132. The Hall–Kier alpha value is -1.62. The van der Waals surface area contributed by atoms with Crippen LogP contribution < -0.4 is 4.74 Å². The number of carbonyl (C=O) groups excluding carboxylic acids is 1. The van der Waals surface area contributed by atoms with E-state index in [9.17, 15) is 4.79 Å². The zero-order valence-corrected chi connectivity index (χ0v) is 12.3. The fourth-order valence-electron chi connectivity index (χ4n) is 2.68. The molecular formula is C15H13BrN2O2. The summed E-state index contributed by atoms with van der Waals surface area (Å²) < 4.78 is 9.11. The lowest BCUT2D eigenvalue weighted by Crippen LogP contribution is -2.22. The largest absolute Gasteiger partial charge is 0.483 e. The topological polar surface area (TPSA) is 44.1 Å². The van der Waals surface area contributed by atoms with Crippen LogP contribution in [0.25, 0.3) is 0 Å². The average Bonchev–Trinajstić information content (AvgIpc) is 3.15. The fraction of sp³-hybridized carbons (Fsp3) is 0.333. The standard InChI is InChI=1S/C15H13BrN2O2/c16-9-1-4-11-13(19)6-15(20-14(11)5-9)12-7-17-8-18(12)10-2-3-10/h1,4-5,7-8,10,15H,2-3,6H2. The van der Waals surface area contributed by atoms with Crippen LogP contribution in [0.5, 0.6) is 5.75 Å². The molecule has 2 heterocycles. The van der Waals surface area contributed by atoms with Gasteiger partial charge in [-0.2, -0.15) is 0 Å². The fourth-order valence-corrected chi connectivity index (χ4v) is 3.02. The SMILES string of the molecule is O=C1CC(c2cncn2C2CC2)Oc2cc(Br)ccc21. The number of Topliss-reactive ketones (excluding diaryl/α,β-unsaturated/α-hetero) is 1. The first kappa shape index (κ1) is 12.1. The minimum Gasteiger partial charge on any atom is -0.483 e. The second-order valence-corrected chi connectivity index (χ2v) is 6.25. The van der Waals surface area contributed by atoms with Gasteiger partial charge < -0.3 is 9.30 Å². The molecule has 4 nitrogen and oxygen atoms in total. The molecule has 1 aliphatic heterocycles. The van der Waals surface area contributed by atoms with E-state index in [4.69, 9.17) is 4.74 Å². The number of halogens is 1. The predicted molar refractivity (Wildman–Crippen MR) is 77.0 cm³/mol. The van der Waals surface area contributed by atoms with Crippen LogP contribution in [0, 0.1) is 0 Å². The first-order valence-electron chi connectivity index (χ1n) is 6.73. The van der Waals surface area contributed by atoms with Gasteiger partial charge in [-0.1, -0.05) is 15.9 Å². The second-order valence-electron chi connectivity index (χ2n) is 5.33. The number of fused-ring (bicyclic) bond motifs is 1. The van der Waals surface area contributed by atoms with E-state index in [0.29, 0.717) is 23.8 Å². The molecular weight excluding hydrogens is 320 g/mol. The van der Waals surface area contributed by atoms with Crippen molar-refractivity contribution in [3.63, 3.8) is 0 Å². The second kappa shape index (κ2) is 4.45. The monoisotopic (exact) mass is 332 g/mol. The number of nitrogens with zero attached hydrogens (tertiary/aromatic N) is 2. The summed E-state index contributed by atoms with van der Waals surface area (Å²) in [7, 11) is 0. The molecule has 1 atom stereocenters. The van der Waals surface area contributed by atoms with E-state index in [1.54, 1.807) is 0 Å². The lowest BCUT2D eigenvalue weighted by atomic mass is 9.99. The van der Waals surface area contributed by atoms with Crippen molar-refractivity contribution in [3.05, 3.63) is 46.5 Å². The van der Waals surface area contributed by atoms with E-state index in [0.717, 1.165) is 10.2 Å². The van der Waals surface area contributed by atoms with Gasteiger partial charge in [0.05, 0.1) is 30.2 Å². The van der Waals surface area contributed by atoms with Crippen LogP contribution in [-0.4, -0.2) is 15.3 Å². The summed E-state index contributed by atoms with van der Waals surface area (Å²) in [5, 5.41) is 0. The quantitative estimate of drug-likeness (QED) is 0.842. The van der Waals surface area contributed by atoms with Crippen molar-refractivity contribution in [2.24, 2.45) is 0 Å². The highest BCUT2D eigenvalue weighted by Gasteiger charge is 2.33. The van der Waals surface area contributed by atoms with Crippen LogP contribution in [0.2, 0.25) is 0 Å². The molecule has 1 aromatic heterocycles. The Morgan fingerprint density at radius 3 is 3.00 bits per heavy atom. The van der Waals surface area contributed by atoms with Gasteiger partial charge in [0.2, 0.25) is 0 Å². The Morgan fingerprint density at radius 2 is 2.20 bits per heavy atom. The Kier molecular flexibility index (Phi) is 2.70. The van der Waals surface area contributed by atoms with Crippen LogP contribution in [0.4, 0.5) is 0 Å². The van der Waals surface area contributed by atoms with Gasteiger partial charge in [-0.25, -0.2) is 4.98 Å². The Labute approximate surface area is 124 Å². The van der Waals surface area contributed by atoms with Crippen molar-refractivity contribution in [1.29, 1.82) is 0 Å². The summed E-state index contributed by atoms with van der Waals surface area (Å²) in [4.78, 5) is 16.5. The lowest BCUT2D eigenvalue weighted by molar-refractivity contribution is 0.0839. The maximum absolute atomic E-state index is 12.3. The number of rotatable bonds is 2. The molecule has 2 aliphatic rings. The smallest absolute Gasteiger partial charge is 0.170 e. The number of aromatic nitrogens is 2. The van der Waals surface area contributed by atoms with Gasteiger partial charge in [-0.3, -0.25) is 4.79 Å². The van der Waals surface area contributed by atoms with Crippen molar-refractivity contribution >= 4 is 21.7 Å². The molecule has 0 spiro atoms. The maximum atomic E-state index is 12.3. The van der Waals surface area contributed by atoms with Gasteiger partial charge in [0, 0.05) is 10.5 Å². The lowest BCUT2D eigenvalue weighted by Gasteiger charge is -2.26. The molecule has 0 bridgehead atoms. The van der Waals surface area contributed by atoms with Crippen molar-refractivity contribution in [1.82, 2.24) is 9.55 Å². The average molecular weight is 333 g/mol. The minimum atomic E-state index is -0.229. The number of hydrogen-bond acceptors (Lipinski definition) is 3. The molecule has 5 heteroatoms. The normalized spacial score (nSPS) is 21.4. The molecule has 4 rings (SSSR count). The highest BCUT2D eigenvalue weighted by atomic mass is 79.9. The van der Waals surface area contributed by atoms with E-state index in [2.05, 4.69) is 25.5 Å². The van der Waals surface area contributed by atoms with Gasteiger partial charge in [-0.15, -0.1) is 0 Å². The summed E-state index contributed by atoms with van der Waals surface area (Å²) in [6, 6.07) is 6.08. The Bertz CT molecular complexity index is 691. The van der Waals surface area contributed by atoms with Crippen LogP contribution >= 0.6 is 15.9 Å². The van der Waals surface area contributed by atoms with Crippen molar-refractivity contribution < 1.29 is 9.53 Å². The number of ketones is 1. The molecule has 0 amide bonds. The third-order valence-electron chi connectivity index (χ3n) is 3.85. The van der Waals surface area contributed by atoms with Crippen molar-refractivity contribution in [2.45, 2.75) is 31.4 Å². The van der Waals surface area contributed by atoms with Crippen LogP contribution in [0.3, 0.4) is 0 Å². The zero-order chi connectivity index (χ0) is 13.7. The van der Waals surface area contributed by atoms with Gasteiger partial charge in [0.25, 0.3) is 0 Å². The van der Waals surface area contributed by atoms with E-state index in [1.165, 1.54) is 12.8 Å². The van der Waals surface area contributed by atoms with Crippen LogP contribution in [0.15, 0.2) is 35.2 Å². The van der Waals surface area contributed by atoms with Crippen molar-refractivity contribution in [3.8, 4) is 5.75 Å². The molecule has 1 aromatic carbocycles. The first-order valence-corrected chi connectivity index (χ1v) is 7.53. The zero-order valence-electron chi connectivity index (χ0n) is 10.8. The number of hydrogen-bond donors (Lipinski definition) is 0. The molecule has 102 valence electrons. The summed E-state index contributed by atoms with van der Waals surface area (Å²) in [5.74, 6) is 0.788. The third kappa shape index (κ3) is 1.97. The number of carbonyl (C=O) groups is 1. The molecule has 1 aliphatic carbocycles.